The highest BCUT2D eigenvalue weighted by Gasteiger charge is 2.42. The summed E-state index contributed by atoms with van der Waals surface area (Å²) in [5.74, 6) is 0.676. The van der Waals surface area contributed by atoms with Gasteiger partial charge in [0, 0.05) is 19.6 Å². The van der Waals surface area contributed by atoms with Gasteiger partial charge in [0.15, 0.2) is 0 Å². The zero-order valence-corrected chi connectivity index (χ0v) is 12.7. The van der Waals surface area contributed by atoms with Crippen LogP contribution in [0.1, 0.15) is 24.8 Å². The van der Waals surface area contributed by atoms with Gasteiger partial charge in [0.25, 0.3) is 0 Å². The molecule has 1 saturated carbocycles. The molecular formula is C17H22N2O3. The van der Waals surface area contributed by atoms with Crippen molar-refractivity contribution in [2.45, 2.75) is 31.0 Å². The van der Waals surface area contributed by atoms with Gasteiger partial charge in [-0.2, -0.15) is 5.26 Å². The van der Waals surface area contributed by atoms with Crippen LogP contribution < -0.4 is 4.74 Å². The summed E-state index contributed by atoms with van der Waals surface area (Å²) < 4.78 is 11.5. The van der Waals surface area contributed by atoms with E-state index >= 15 is 0 Å². The molecule has 1 unspecified atom stereocenters. The van der Waals surface area contributed by atoms with E-state index in [1.165, 1.54) is 6.42 Å². The van der Waals surface area contributed by atoms with Gasteiger partial charge in [-0.1, -0.05) is 0 Å². The fraction of sp³-hybridized carbons (Fsp3) is 0.588. The minimum Gasteiger partial charge on any atom is -0.491 e. The molecule has 2 fully saturated rings. The predicted molar refractivity (Wildman–Crippen MR) is 81.6 cm³/mol. The maximum atomic E-state index is 10.2. The van der Waals surface area contributed by atoms with Crippen LogP contribution in [0.2, 0.25) is 0 Å². The third-order valence-corrected chi connectivity index (χ3v) is 4.49. The Morgan fingerprint density at radius 1 is 1.36 bits per heavy atom. The van der Waals surface area contributed by atoms with E-state index in [1.54, 1.807) is 24.3 Å². The Morgan fingerprint density at radius 2 is 2.14 bits per heavy atom. The molecule has 2 aliphatic rings. The summed E-state index contributed by atoms with van der Waals surface area (Å²) >= 11 is 0. The van der Waals surface area contributed by atoms with Gasteiger partial charge in [0.05, 0.1) is 23.8 Å². The fourth-order valence-corrected chi connectivity index (χ4v) is 3.12. The summed E-state index contributed by atoms with van der Waals surface area (Å²) in [4.78, 5) is 2.27. The highest BCUT2D eigenvalue weighted by atomic mass is 16.5. The monoisotopic (exact) mass is 302 g/mol. The quantitative estimate of drug-likeness (QED) is 0.894. The topological polar surface area (TPSA) is 65.7 Å². The van der Waals surface area contributed by atoms with E-state index < -0.39 is 6.10 Å². The van der Waals surface area contributed by atoms with E-state index in [4.69, 9.17) is 14.7 Å². The first kappa shape index (κ1) is 15.3. The van der Waals surface area contributed by atoms with Crippen LogP contribution in [0.25, 0.3) is 0 Å². The smallest absolute Gasteiger partial charge is 0.119 e. The normalized spacial score (nSPS) is 21.8. The molecule has 1 aromatic carbocycles. The van der Waals surface area contributed by atoms with Crippen LogP contribution >= 0.6 is 0 Å². The molecule has 1 saturated heterocycles. The molecule has 0 radical (unpaired) electrons. The van der Waals surface area contributed by atoms with E-state index in [1.807, 2.05) is 0 Å². The van der Waals surface area contributed by atoms with Crippen molar-refractivity contribution in [1.82, 2.24) is 4.90 Å². The zero-order valence-electron chi connectivity index (χ0n) is 12.7. The molecule has 1 spiro atoms. The molecule has 1 N–H and O–H groups in total. The molecular weight excluding hydrogens is 280 g/mol. The van der Waals surface area contributed by atoms with E-state index in [0.717, 1.165) is 32.5 Å². The van der Waals surface area contributed by atoms with Gasteiger partial charge in [-0.25, -0.2) is 0 Å². The van der Waals surface area contributed by atoms with Crippen molar-refractivity contribution in [3.8, 4) is 11.8 Å². The number of rotatable bonds is 5. The molecule has 5 nitrogen and oxygen atoms in total. The molecule has 1 heterocycles. The van der Waals surface area contributed by atoms with E-state index in [-0.39, 0.29) is 12.2 Å². The maximum Gasteiger partial charge on any atom is 0.119 e. The lowest BCUT2D eigenvalue weighted by Crippen LogP contribution is -2.57. The first-order valence-corrected chi connectivity index (χ1v) is 7.86. The summed E-state index contributed by atoms with van der Waals surface area (Å²) in [6.45, 7) is 3.41. The van der Waals surface area contributed by atoms with Crippen LogP contribution in [0.4, 0.5) is 0 Å². The van der Waals surface area contributed by atoms with Crippen molar-refractivity contribution in [1.29, 1.82) is 5.26 Å². The third-order valence-electron chi connectivity index (χ3n) is 4.49. The Kier molecular flexibility index (Phi) is 4.63. The Labute approximate surface area is 131 Å². The number of benzene rings is 1. The van der Waals surface area contributed by atoms with Gasteiger partial charge in [-0.15, -0.1) is 0 Å². The molecule has 1 aliphatic heterocycles. The third kappa shape index (κ3) is 3.58. The summed E-state index contributed by atoms with van der Waals surface area (Å²) in [5.41, 5.74) is 0.665. The zero-order chi connectivity index (χ0) is 15.4. The molecule has 0 bridgehead atoms. The van der Waals surface area contributed by atoms with Crippen molar-refractivity contribution >= 4 is 0 Å². The number of hydrogen-bond acceptors (Lipinski definition) is 5. The van der Waals surface area contributed by atoms with Crippen molar-refractivity contribution in [2.24, 2.45) is 0 Å². The number of β-amino-alcohol motifs (C(OH)–C–C–N with tert-alkyl or cyclic N) is 1. The predicted octanol–water partition coefficient (Wildman–Crippen LogP) is 1.55. The first-order chi connectivity index (χ1) is 10.7. The number of nitrogens with zero attached hydrogens (tertiary/aromatic N) is 2. The maximum absolute atomic E-state index is 10.2. The Hall–Kier alpha value is -1.61. The van der Waals surface area contributed by atoms with Crippen LogP contribution in [0.15, 0.2) is 24.3 Å². The summed E-state index contributed by atoms with van der Waals surface area (Å²) in [5, 5.41) is 18.9. The number of nitriles is 1. The van der Waals surface area contributed by atoms with Crippen molar-refractivity contribution in [3.05, 3.63) is 29.8 Å². The molecule has 5 heteroatoms. The number of morpholine rings is 1. The van der Waals surface area contributed by atoms with Gasteiger partial charge >= 0.3 is 0 Å². The molecule has 1 aliphatic carbocycles. The number of aliphatic hydroxyl groups excluding tert-OH is 1. The van der Waals surface area contributed by atoms with Crippen LogP contribution in [-0.4, -0.2) is 54.6 Å². The van der Waals surface area contributed by atoms with Crippen LogP contribution in [0.3, 0.4) is 0 Å². The van der Waals surface area contributed by atoms with Crippen molar-refractivity contribution in [2.75, 3.05) is 32.8 Å². The molecule has 22 heavy (non-hydrogen) atoms. The van der Waals surface area contributed by atoms with Gasteiger partial charge in [0.2, 0.25) is 0 Å². The SMILES string of the molecule is N#Cc1ccc(OCC(O)CN2CCOC3(CCC3)C2)cc1. The average molecular weight is 302 g/mol. The van der Waals surface area contributed by atoms with Crippen LogP contribution in [0.5, 0.6) is 5.75 Å². The number of hydrogen-bond donors (Lipinski definition) is 1. The second kappa shape index (κ2) is 6.66. The second-order valence-corrected chi connectivity index (χ2v) is 6.22. The number of aliphatic hydroxyl groups is 1. The van der Waals surface area contributed by atoms with Gasteiger partial charge in [-0.05, 0) is 43.5 Å². The van der Waals surface area contributed by atoms with Crippen molar-refractivity contribution in [3.63, 3.8) is 0 Å². The lowest BCUT2D eigenvalue weighted by atomic mass is 9.79. The highest BCUT2D eigenvalue weighted by Crippen LogP contribution is 2.38. The van der Waals surface area contributed by atoms with Crippen LogP contribution in [0, 0.1) is 11.3 Å². The van der Waals surface area contributed by atoms with Crippen LogP contribution in [-0.2, 0) is 4.74 Å². The summed E-state index contributed by atoms with van der Waals surface area (Å²) in [7, 11) is 0. The van der Waals surface area contributed by atoms with E-state index in [0.29, 0.717) is 17.9 Å². The Morgan fingerprint density at radius 3 is 2.77 bits per heavy atom. The molecule has 0 amide bonds. The standard InChI is InChI=1S/C17H22N2O3/c18-10-14-2-4-16(5-3-14)21-12-15(20)11-19-8-9-22-17(13-19)6-1-7-17/h2-5,15,20H,1,6-9,11-13H2. The van der Waals surface area contributed by atoms with E-state index in [9.17, 15) is 5.11 Å². The summed E-state index contributed by atoms with van der Waals surface area (Å²) in [6, 6.07) is 9.00. The van der Waals surface area contributed by atoms with Crippen molar-refractivity contribution < 1.29 is 14.6 Å². The minimum atomic E-state index is -0.522. The molecule has 118 valence electrons. The van der Waals surface area contributed by atoms with E-state index in [2.05, 4.69) is 11.0 Å². The average Bonchev–Trinajstić information content (AvgIpc) is 2.52. The van der Waals surface area contributed by atoms with Gasteiger partial charge in [0.1, 0.15) is 18.5 Å². The molecule has 0 aromatic heterocycles. The lowest BCUT2D eigenvalue weighted by molar-refractivity contribution is -0.155. The largest absolute Gasteiger partial charge is 0.491 e. The lowest BCUT2D eigenvalue weighted by Gasteiger charge is -2.48. The molecule has 3 rings (SSSR count). The second-order valence-electron chi connectivity index (χ2n) is 6.22. The molecule has 1 aromatic rings. The number of ether oxygens (including phenoxy) is 2. The van der Waals surface area contributed by atoms with Gasteiger partial charge in [-0.3, -0.25) is 4.90 Å². The fourth-order valence-electron chi connectivity index (χ4n) is 3.12. The summed E-state index contributed by atoms with van der Waals surface area (Å²) in [6.07, 6.45) is 3.01. The van der Waals surface area contributed by atoms with Gasteiger partial charge < -0.3 is 14.6 Å². The Bertz CT molecular complexity index is 534. The molecule has 1 atom stereocenters. The minimum absolute atomic E-state index is 0.0615. The Balaban J connectivity index is 1.43. The first-order valence-electron chi connectivity index (χ1n) is 7.86. The highest BCUT2D eigenvalue weighted by molar-refractivity contribution is 5.34.